The molecule has 0 unspecified atom stereocenters. The Labute approximate surface area is 77.4 Å². The molecule has 0 bridgehead atoms. The molecule has 0 radical (unpaired) electrons. The highest BCUT2D eigenvalue weighted by molar-refractivity contribution is 5.94. The second kappa shape index (κ2) is 3.28. The number of hydrogen-bond donors (Lipinski definition) is 0. The summed E-state index contributed by atoms with van der Waals surface area (Å²) in [5.41, 5.74) is 0.987. The molecule has 0 aromatic heterocycles. The molecule has 1 heteroatoms. The van der Waals surface area contributed by atoms with E-state index in [0.29, 0.717) is 0 Å². The Bertz CT molecular complexity index is 484. The summed E-state index contributed by atoms with van der Waals surface area (Å²) in [4.78, 5) is 4.18. The van der Waals surface area contributed by atoms with E-state index in [1.807, 2.05) is 31.2 Å². The largest absolute Gasteiger partial charge is 0.347 e. The summed E-state index contributed by atoms with van der Waals surface area (Å²) in [6.45, 7) is 1.81. The minimum atomic E-state index is 0.987. The Morgan fingerprint density at radius 3 is 2.62 bits per heavy atom. The average Bonchev–Trinajstić information content (AvgIpc) is 2.19. The van der Waals surface area contributed by atoms with E-state index < -0.39 is 0 Å². The van der Waals surface area contributed by atoms with Gasteiger partial charge in [0.1, 0.15) is 0 Å². The second-order valence-electron chi connectivity index (χ2n) is 2.83. The van der Waals surface area contributed by atoms with Crippen molar-refractivity contribution in [3.05, 3.63) is 47.3 Å². The molecule has 1 nitrogen and oxygen atoms in total. The Balaban J connectivity index is 2.80. The van der Waals surface area contributed by atoms with Gasteiger partial charge in [0.2, 0.25) is 0 Å². The molecule has 0 amide bonds. The molecule has 0 fully saturated rings. The van der Waals surface area contributed by atoms with Crippen LogP contribution in [0, 0.1) is 6.07 Å². The van der Waals surface area contributed by atoms with Crippen molar-refractivity contribution in [2.75, 3.05) is 0 Å². The Kier molecular flexibility index (Phi) is 1.97. The van der Waals surface area contributed by atoms with Gasteiger partial charge >= 0.3 is 5.69 Å². The Morgan fingerprint density at radius 1 is 1.00 bits per heavy atom. The van der Waals surface area contributed by atoms with Crippen LogP contribution in [0.5, 0.6) is 0 Å². The summed E-state index contributed by atoms with van der Waals surface area (Å²) in [7, 11) is 0. The van der Waals surface area contributed by atoms with E-state index in [1.54, 1.807) is 0 Å². The third-order valence-corrected chi connectivity index (χ3v) is 2.00. The van der Waals surface area contributed by atoms with Gasteiger partial charge in [-0.05, 0) is 16.3 Å². The highest BCUT2D eigenvalue weighted by Gasteiger charge is 2.05. The van der Waals surface area contributed by atoms with Gasteiger partial charge in [-0.25, -0.2) is 0 Å². The van der Waals surface area contributed by atoms with E-state index in [4.69, 9.17) is 0 Å². The van der Waals surface area contributed by atoms with Crippen molar-refractivity contribution < 1.29 is 0 Å². The van der Waals surface area contributed by atoms with E-state index in [0.717, 1.165) is 5.69 Å². The maximum Gasteiger partial charge on any atom is 0.347 e. The summed E-state index contributed by atoms with van der Waals surface area (Å²) in [5.74, 6) is 0. The molecule has 62 valence electrons. The quantitative estimate of drug-likeness (QED) is 0.563. The van der Waals surface area contributed by atoms with Crippen LogP contribution in [0.3, 0.4) is 0 Å². The second-order valence-corrected chi connectivity index (χ2v) is 2.83. The first-order chi connectivity index (χ1) is 6.42. The van der Waals surface area contributed by atoms with Gasteiger partial charge in [-0.1, -0.05) is 30.3 Å². The fraction of sp³-hybridized carbons (Fsp3) is 0.0833. The lowest BCUT2D eigenvalue weighted by Crippen LogP contribution is -1.70. The molecule has 2 rings (SSSR count). The minimum absolute atomic E-state index is 0.987. The highest BCUT2D eigenvalue weighted by Crippen LogP contribution is 2.25. The predicted molar refractivity (Wildman–Crippen MR) is 56.5 cm³/mol. The highest BCUT2D eigenvalue weighted by atomic mass is 14.7. The molecule has 2 aromatic rings. The summed E-state index contributed by atoms with van der Waals surface area (Å²) in [6, 6.07) is 17.1. The van der Waals surface area contributed by atoms with Crippen molar-refractivity contribution in [1.82, 2.24) is 0 Å². The van der Waals surface area contributed by atoms with Gasteiger partial charge in [0, 0.05) is 6.07 Å². The van der Waals surface area contributed by atoms with Crippen LogP contribution in [0.4, 0.5) is 5.69 Å². The van der Waals surface area contributed by atoms with Gasteiger partial charge in [-0.3, -0.25) is 0 Å². The van der Waals surface area contributed by atoms with Crippen molar-refractivity contribution in [1.29, 1.82) is 0 Å². The minimum Gasteiger partial charge on any atom is -0.0616 e. The molecule has 0 saturated heterocycles. The van der Waals surface area contributed by atoms with E-state index in [9.17, 15) is 0 Å². The van der Waals surface area contributed by atoms with Crippen molar-refractivity contribution in [3.8, 4) is 6.07 Å². The Morgan fingerprint density at radius 2 is 1.77 bits per heavy atom. The van der Waals surface area contributed by atoms with Gasteiger partial charge in [-0.15, -0.1) is 0 Å². The van der Waals surface area contributed by atoms with Crippen LogP contribution < -0.4 is 0 Å². The number of benzene rings is 2. The van der Waals surface area contributed by atoms with Crippen LogP contribution in [0.1, 0.15) is 6.92 Å². The summed E-state index contributed by atoms with van der Waals surface area (Å²) < 4.78 is 0. The van der Waals surface area contributed by atoms with Crippen LogP contribution in [0.15, 0.2) is 42.5 Å². The Hall–Kier alpha value is -1.81. The van der Waals surface area contributed by atoms with E-state index in [2.05, 4.69) is 29.1 Å². The molecule has 0 aliphatic heterocycles. The van der Waals surface area contributed by atoms with Crippen molar-refractivity contribution in [2.24, 2.45) is 0 Å². The molecular weight excluding hydrogens is 158 g/mol. The number of nitrogens with zero attached hydrogens (tertiary/aromatic N) is 1. The number of fused-ring (bicyclic) bond motifs is 1. The van der Waals surface area contributed by atoms with Crippen LogP contribution in [0.25, 0.3) is 15.6 Å². The molecule has 0 atom stereocenters. The number of rotatable bonds is 0. The fourth-order valence-corrected chi connectivity index (χ4v) is 1.43. The third kappa shape index (κ3) is 1.39. The normalized spacial score (nSPS) is 9.31. The van der Waals surface area contributed by atoms with Crippen LogP contribution >= 0.6 is 0 Å². The van der Waals surface area contributed by atoms with Crippen molar-refractivity contribution >= 4 is 16.5 Å². The van der Waals surface area contributed by atoms with Gasteiger partial charge in [0.15, 0.2) is 0 Å². The monoisotopic (exact) mass is 168 g/mol. The molecule has 0 heterocycles. The standard InChI is InChI=1S/C12H10N/c1-2-13-12-9-5-7-10-6-3-4-8-11(10)12/h3-9H,1H3/q+1. The predicted octanol–water partition coefficient (Wildman–Crippen LogP) is 3.82. The van der Waals surface area contributed by atoms with Crippen LogP contribution in [0.2, 0.25) is 0 Å². The first-order valence-electron chi connectivity index (χ1n) is 4.27. The third-order valence-electron chi connectivity index (χ3n) is 2.00. The van der Waals surface area contributed by atoms with Gasteiger partial charge in [-0.2, -0.15) is 0 Å². The van der Waals surface area contributed by atoms with E-state index in [1.165, 1.54) is 10.8 Å². The molecule has 0 saturated carbocycles. The van der Waals surface area contributed by atoms with Crippen LogP contribution in [-0.2, 0) is 0 Å². The fourth-order valence-electron chi connectivity index (χ4n) is 1.43. The van der Waals surface area contributed by atoms with Gasteiger partial charge in [0.05, 0.1) is 12.3 Å². The smallest absolute Gasteiger partial charge is 0.0616 e. The van der Waals surface area contributed by atoms with E-state index >= 15 is 0 Å². The maximum absolute atomic E-state index is 4.18. The summed E-state index contributed by atoms with van der Waals surface area (Å²) in [5, 5.41) is 2.40. The van der Waals surface area contributed by atoms with Gasteiger partial charge in [0.25, 0.3) is 6.07 Å². The summed E-state index contributed by atoms with van der Waals surface area (Å²) in [6.07, 6.45) is 0. The van der Waals surface area contributed by atoms with Crippen molar-refractivity contribution in [2.45, 2.75) is 6.92 Å². The molecule has 2 aromatic carbocycles. The summed E-state index contributed by atoms with van der Waals surface area (Å²) >= 11 is 0. The molecule has 0 N–H and O–H groups in total. The maximum atomic E-state index is 4.18. The molecule has 13 heavy (non-hydrogen) atoms. The van der Waals surface area contributed by atoms with Crippen LogP contribution in [-0.4, -0.2) is 0 Å². The lowest BCUT2D eigenvalue weighted by molar-refractivity contribution is 1.74. The number of hydrogen-bond acceptors (Lipinski definition) is 0. The molecule has 0 aliphatic carbocycles. The zero-order valence-corrected chi connectivity index (χ0v) is 7.49. The molecule has 0 aliphatic rings. The first kappa shape index (κ1) is 7.82. The lowest BCUT2D eigenvalue weighted by atomic mass is 10.1. The first-order valence-corrected chi connectivity index (χ1v) is 4.27. The molecular formula is C12H10N+. The van der Waals surface area contributed by atoms with E-state index in [-0.39, 0.29) is 0 Å². The lowest BCUT2D eigenvalue weighted by Gasteiger charge is -1.91. The topological polar surface area (TPSA) is 4.36 Å². The average molecular weight is 168 g/mol. The SMILES string of the molecule is CC#[N+]c1cccc2ccccc12. The van der Waals surface area contributed by atoms with Crippen molar-refractivity contribution in [3.63, 3.8) is 0 Å². The zero-order chi connectivity index (χ0) is 9.10. The molecule has 0 spiro atoms. The van der Waals surface area contributed by atoms with Gasteiger partial charge < -0.3 is 0 Å². The zero-order valence-electron chi connectivity index (χ0n) is 7.49.